The second-order valence-electron chi connectivity index (χ2n) is 16.3. The molecular formula is C46H64N2O12. The topological polar surface area (TPSA) is 175 Å². The summed E-state index contributed by atoms with van der Waals surface area (Å²) in [4.78, 5) is 33.8. The first-order chi connectivity index (χ1) is 29.0. The lowest BCUT2D eigenvalue weighted by atomic mass is 9.55. The number of benzene rings is 2. The van der Waals surface area contributed by atoms with Crippen LogP contribution in [-0.4, -0.2) is 116 Å². The fourth-order valence-electron chi connectivity index (χ4n) is 8.82. The molecule has 14 heteroatoms. The van der Waals surface area contributed by atoms with E-state index in [4.69, 9.17) is 38.4 Å². The number of allylic oxidation sites excluding steroid dienone is 1. The Morgan fingerprint density at radius 2 is 1.75 bits per heavy atom. The molecule has 1 amide bonds. The highest BCUT2D eigenvalue weighted by atomic mass is 16.7. The summed E-state index contributed by atoms with van der Waals surface area (Å²) >= 11 is 0. The second kappa shape index (κ2) is 21.9. The van der Waals surface area contributed by atoms with Crippen molar-refractivity contribution in [2.45, 2.75) is 96.0 Å². The molecule has 6 atom stereocenters. The van der Waals surface area contributed by atoms with Crippen molar-refractivity contribution in [1.29, 1.82) is 0 Å². The van der Waals surface area contributed by atoms with Crippen LogP contribution >= 0.6 is 0 Å². The number of rotatable bonds is 23. The number of aliphatic hydroxyl groups excluding tert-OH is 3. The molecule has 3 N–H and O–H groups in total. The summed E-state index contributed by atoms with van der Waals surface area (Å²) in [6, 6.07) is 9.89. The molecule has 0 spiro atoms. The maximum atomic E-state index is 14.1. The van der Waals surface area contributed by atoms with Gasteiger partial charge in [0, 0.05) is 37.7 Å². The van der Waals surface area contributed by atoms with Crippen LogP contribution in [0.3, 0.4) is 0 Å². The van der Waals surface area contributed by atoms with E-state index in [0.29, 0.717) is 47.1 Å². The van der Waals surface area contributed by atoms with Gasteiger partial charge in [-0.1, -0.05) is 30.1 Å². The number of hydrogen-bond donors (Lipinski definition) is 3. The van der Waals surface area contributed by atoms with E-state index in [1.54, 1.807) is 42.2 Å². The van der Waals surface area contributed by atoms with Crippen LogP contribution < -0.4 is 14.2 Å². The number of hydrogen-bond acceptors (Lipinski definition) is 13. The molecule has 2 aromatic rings. The van der Waals surface area contributed by atoms with Crippen LogP contribution in [-0.2, 0) is 19.0 Å². The number of oxime groups is 1. The number of methoxy groups -OCH3 is 1. The lowest BCUT2D eigenvalue weighted by Crippen LogP contribution is -2.70. The molecule has 1 fully saturated rings. The standard InChI is InChI=1S/C46H64N2O12/c1-7-23-57-46-41(48(44(53)56-8-2)19-24-55-25-22-51)29-38(47-60-45(3,4)5)36-27-31(13-9-11-20-49)35(14-10-12-21-50)42(43(36)46)37-28-34(16-18-40(37)59-46)58-33-15-17-39(54-6)32(26-33)30-52/h7,15-18,26-28,30-31,35,41-43,49-51H,1,8-14,19-25,29H2,2-6H3. The van der Waals surface area contributed by atoms with E-state index in [2.05, 4.69) is 12.7 Å². The minimum Gasteiger partial charge on any atom is -0.496 e. The van der Waals surface area contributed by atoms with E-state index >= 15 is 0 Å². The maximum Gasteiger partial charge on any atom is 0.410 e. The zero-order valence-electron chi connectivity index (χ0n) is 35.8. The molecule has 1 heterocycles. The van der Waals surface area contributed by atoms with Gasteiger partial charge in [-0.3, -0.25) is 9.69 Å². The quantitative estimate of drug-likeness (QED) is 0.0445. The molecule has 330 valence electrons. The molecule has 6 unspecified atom stereocenters. The molecule has 0 aromatic heterocycles. The fraction of sp³-hybridized carbons (Fsp3) is 0.587. The number of carbonyl (C=O) groups excluding carboxylic acids is 2. The van der Waals surface area contributed by atoms with Crippen LogP contribution in [0.2, 0.25) is 0 Å². The maximum absolute atomic E-state index is 14.1. The Kier molecular flexibility index (Phi) is 17.0. The third-order valence-corrected chi connectivity index (χ3v) is 11.2. The van der Waals surface area contributed by atoms with Gasteiger partial charge in [0.2, 0.25) is 5.79 Å². The average Bonchev–Trinajstić information content (AvgIpc) is 3.23. The Hall–Kier alpha value is -4.47. The Morgan fingerprint density at radius 3 is 2.42 bits per heavy atom. The number of carbonyl (C=O) groups is 2. The molecule has 1 saturated carbocycles. The SMILES string of the molecule is C=CCOC12Oc3ccc(Oc4ccc(OC)c(C=O)c4)cc3C3C(CCCCO)C(CCCCO)C=C(C(=NOC(C)(C)C)CC1N(CCOCCO)C(=O)OCC)C32. The normalized spacial score (nSPS) is 23.7. The monoisotopic (exact) mass is 836 g/mol. The van der Waals surface area contributed by atoms with Crippen LogP contribution in [0.5, 0.6) is 23.0 Å². The first-order valence-corrected chi connectivity index (χ1v) is 21.2. The summed E-state index contributed by atoms with van der Waals surface area (Å²) in [6.07, 6.45) is 8.62. The fourth-order valence-corrected chi connectivity index (χ4v) is 8.82. The lowest BCUT2D eigenvalue weighted by molar-refractivity contribution is -0.256. The van der Waals surface area contributed by atoms with Gasteiger partial charge < -0.3 is 48.6 Å². The van der Waals surface area contributed by atoms with E-state index in [9.17, 15) is 24.9 Å². The highest BCUT2D eigenvalue weighted by molar-refractivity contribution is 6.03. The summed E-state index contributed by atoms with van der Waals surface area (Å²) in [7, 11) is 1.50. The molecule has 0 saturated heterocycles. The number of amides is 1. The highest BCUT2D eigenvalue weighted by Crippen LogP contribution is 2.62. The molecule has 1 aliphatic heterocycles. The Balaban J connectivity index is 1.78. The summed E-state index contributed by atoms with van der Waals surface area (Å²) in [5, 5.41) is 34.1. The molecule has 14 nitrogen and oxygen atoms in total. The number of aliphatic hydroxyl groups is 3. The van der Waals surface area contributed by atoms with Gasteiger partial charge in [-0.15, -0.1) is 6.58 Å². The van der Waals surface area contributed by atoms with Crippen LogP contribution in [0.15, 0.2) is 65.9 Å². The van der Waals surface area contributed by atoms with E-state index in [1.807, 2.05) is 32.9 Å². The molecule has 0 bridgehead atoms. The highest BCUT2D eigenvalue weighted by Gasteiger charge is 2.65. The van der Waals surface area contributed by atoms with Gasteiger partial charge in [-0.2, -0.15) is 0 Å². The first-order valence-electron chi connectivity index (χ1n) is 21.2. The first kappa shape index (κ1) is 46.6. The van der Waals surface area contributed by atoms with Crippen molar-refractivity contribution in [3.05, 3.63) is 71.8 Å². The van der Waals surface area contributed by atoms with Gasteiger partial charge in [0.1, 0.15) is 34.6 Å². The Morgan fingerprint density at radius 1 is 1.02 bits per heavy atom. The summed E-state index contributed by atoms with van der Waals surface area (Å²) in [5.74, 6) is -0.366. The van der Waals surface area contributed by atoms with Gasteiger partial charge >= 0.3 is 6.09 Å². The van der Waals surface area contributed by atoms with Crippen molar-refractivity contribution >= 4 is 18.1 Å². The third-order valence-electron chi connectivity index (χ3n) is 11.2. The van der Waals surface area contributed by atoms with Crippen LogP contribution in [0.25, 0.3) is 0 Å². The van der Waals surface area contributed by atoms with Crippen molar-refractivity contribution in [3.63, 3.8) is 0 Å². The zero-order chi connectivity index (χ0) is 43.3. The molecular weight excluding hydrogens is 773 g/mol. The lowest BCUT2D eigenvalue weighted by Gasteiger charge is -2.59. The van der Waals surface area contributed by atoms with Crippen molar-refractivity contribution in [2.24, 2.45) is 22.9 Å². The largest absolute Gasteiger partial charge is 0.496 e. The minimum absolute atomic E-state index is 0.0104. The van der Waals surface area contributed by atoms with Crippen molar-refractivity contribution in [3.8, 4) is 23.0 Å². The van der Waals surface area contributed by atoms with E-state index in [1.165, 1.54) is 7.11 Å². The van der Waals surface area contributed by atoms with Crippen LogP contribution in [0.4, 0.5) is 4.79 Å². The van der Waals surface area contributed by atoms with Gasteiger partial charge in [0.25, 0.3) is 0 Å². The molecule has 2 aliphatic carbocycles. The molecule has 3 aliphatic rings. The van der Waals surface area contributed by atoms with Gasteiger partial charge in [-0.25, -0.2) is 4.79 Å². The van der Waals surface area contributed by atoms with Gasteiger partial charge in [0.15, 0.2) is 6.29 Å². The van der Waals surface area contributed by atoms with Crippen molar-refractivity contribution < 1.29 is 58.2 Å². The predicted molar refractivity (Wildman–Crippen MR) is 226 cm³/mol. The summed E-state index contributed by atoms with van der Waals surface area (Å²) in [5.41, 5.74) is 2.12. The van der Waals surface area contributed by atoms with E-state index in [0.717, 1.165) is 43.1 Å². The van der Waals surface area contributed by atoms with E-state index in [-0.39, 0.29) is 77.0 Å². The predicted octanol–water partition coefficient (Wildman–Crippen LogP) is 7.20. The molecule has 60 heavy (non-hydrogen) atoms. The summed E-state index contributed by atoms with van der Waals surface area (Å²) in [6.45, 7) is 12.0. The Labute approximate surface area is 354 Å². The Bertz CT molecular complexity index is 1810. The average molecular weight is 837 g/mol. The number of nitrogens with zero attached hydrogens (tertiary/aromatic N) is 2. The molecule has 0 radical (unpaired) electrons. The number of fused-ring (bicyclic) bond motifs is 2. The minimum atomic E-state index is -1.50. The summed E-state index contributed by atoms with van der Waals surface area (Å²) < 4.78 is 37.4. The third kappa shape index (κ3) is 10.9. The number of ether oxygens (including phenoxy) is 6. The van der Waals surface area contributed by atoms with Crippen LogP contribution in [0, 0.1) is 17.8 Å². The van der Waals surface area contributed by atoms with E-state index < -0.39 is 29.4 Å². The molecule has 5 rings (SSSR count). The second-order valence-corrected chi connectivity index (χ2v) is 16.3. The number of aldehydes is 1. The van der Waals surface area contributed by atoms with Crippen molar-refractivity contribution in [2.75, 3.05) is 59.9 Å². The molecule has 2 aromatic carbocycles. The number of unbranched alkanes of at least 4 members (excludes halogenated alkanes) is 2. The van der Waals surface area contributed by atoms with Gasteiger partial charge in [-0.05, 0) is 107 Å². The smallest absolute Gasteiger partial charge is 0.410 e. The van der Waals surface area contributed by atoms with Gasteiger partial charge in [0.05, 0.1) is 57.3 Å². The van der Waals surface area contributed by atoms with Crippen LogP contribution in [0.1, 0.15) is 94.5 Å². The van der Waals surface area contributed by atoms with Crippen molar-refractivity contribution in [1.82, 2.24) is 4.90 Å². The zero-order valence-corrected chi connectivity index (χ0v) is 35.8.